The molecule has 164 valence electrons. The van der Waals surface area contributed by atoms with Crippen LogP contribution < -0.4 is 15.8 Å². The van der Waals surface area contributed by atoms with E-state index in [2.05, 4.69) is 5.32 Å². The molecule has 0 saturated carbocycles. The van der Waals surface area contributed by atoms with Gasteiger partial charge in [-0.2, -0.15) is 4.31 Å². The summed E-state index contributed by atoms with van der Waals surface area (Å²) in [5, 5.41) is 22.4. The molecule has 5 N–H and O–H groups in total. The second kappa shape index (κ2) is 9.34. The van der Waals surface area contributed by atoms with E-state index in [-0.39, 0.29) is 23.8 Å². The number of aliphatic hydroxyl groups is 1. The van der Waals surface area contributed by atoms with Gasteiger partial charge in [-0.3, -0.25) is 5.41 Å². The molecule has 1 unspecified atom stereocenters. The van der Waals surface area contributed by atoms with Crippen LogP contribution >= 0.6 is 0 Å². The maximum atomic E-state index is 12.9. The molecule has 1 atom stereocenters. The van der Waals surface area contributed by atoms with E-state index in [0.29, 0.717) is 11.3 Å². The molecule has 0 amide bonds. The third-order valence-electron chi connectivity index (χ3n) is 4.93. The van der Waals surface area contributed by atoms with Crippen LogP contribution in [-0.2, 0) is 10.0 Å². The smallest absolute Gasteiger partial charge is 0.242 e. The van der Waals surface area contributed by atoms with Crippen LogP contribution in [0.2, 0.25) is 0 Å². The monoisotopic (exact) mass is 442 g/mol. The summed E-state index contributed by atoms with van der Waals surface area (Å²) in [6, 6.07) is 17.2. The summed E-state index contributed by atoms with van der Waals surface area (Å²) >= 11 is 0. The molecule has 3 aromatic carbocycles. The lowest BCUT2D eigenvalue weighted by molar-refractivity contribution is 0.164. The average molecular weight is 443 g/mol. The first-order valence-corrected chi connectivity index (χ1v) is 11.1. The lowest BCUT2D eigenvalue weighted by atomic mass is 10.1. The van der Waals surface area contributed by atoms with Crippen LogP contribution in [-0.4, -0.2) is 57.0 Å². The Morgan fingerprint density at radius 2 is 1.77 bits per heavy atom. The van der Waals surface area contributed by atoms with Gasteiger partial charge in [-0.15, -0.1) is 0 Å². The van der Waals surface area contributed by atoms with Gasteiger partial charge >= 0.3 is 0 Å². The Labute approximate surface area is 181 Å². The van der Waals surface area contributed by atoms with Crippen LogP contribution in [0.1, 0.15) is 5.56 Å². The Balaban J connectivity index is 1.64. The van der Waals surface area contributed by atoms with Gasteiger partial charge in [0, 0.05) is 31.4 Å². The first-order chi connectivity index (χ1) is 14.7. The number of benzene rings is 3. The number of hydrogen-bond donors (Lipinski definition) is 4. The van der Waals surface area contributed by atoms with Crippen molar-refractivity contribution in [2.24, 2.45) is 5.73 Å². The van der Waals surface area contributed by atoms with Gasteiger partial charge in [-0.05, 0) is 59.3 Å². The first-order valence-electron chi connectivity index (χ1n) is 9.61. The summed E-state index contributed by atoms with van der Waals surface area (Å²) in [5.74, 6) is 0.679. The van der Waals surface area contributed by atoms with Gasteiger partial charge in [0.25, 0.3) is 0 Å². The van der Waals surface area contributed by atoms with Gasteiger partial charge in [-0.25, -0.2) is 8.42 Å². The number of methoxy groups -OCH3 is 1. The number of sulfonamides is 1. The summed E-state index contributed by atoms with van der Waals surface area (Å²) in [6.45, 7) is 0.0955. The van der Waals surface area contributed by atoms with Crippen molar-refractivity contribution < 1.29 is 18.3 Å². The number of rotatable bonds is 9. The fourth-order valence-corrected chi connectivity index (χ4v) is 4.38. The average Bonchev–Trinajstić information content (AvgIpc) is 2.77. The molecule has 0 radical (unpaired) electrons. The second-order valence-corrected chi connectivity index (χ2v) is 9.23. The Morgan fingerprint density at radius 3 is 2.42 bits per heavy atom. The van der Waals surface area contributed by atoms with E-state index in [4.69, 9.17) is 15.9 Å². The maximum absolute atomic E-state index is 12.9. The minimum Gasteiger partial charge on any atom is -0.497 e. The highest BCUT2D eigenvalue weighted by Crippen LogP contribution is 2.25. The van der Waals surface area contributed by atoms with E-state index in [1.807, 2.05) is 12.1 Å². The number of nitrogen functional groups attached to an aromatic ring is 1. The van der Waals surface area contributed by atoms with E-state index in [1.165, 1.54) is 7.05 Å². The minimum absolute atomic E-state index is 0.0220. The highest BCUT2D eigenvalue weighted by atomic mass is 32.2. The van der Waals surface area contributed by atoms with E-state index >= 15 is 0 Å². The van der Waals surface area contributed by atoms with E-state index in [1.54, 1.807) is 55.6 Å². The third-order valence-corrected chi connectivity index (χ3v) is 6.75. The van der Waals surface area contributed by atoms with Gasteiger partial charge in [-0.1, -0.05) is 12.1 Å². The van der Waals surface area contributed by atoms with E-state index in [0.717, 1.165) is 20.8 Å². The van der Waals surface area contributed by atoms with Crippen LogP contribution in [0.3, 0.4) is 0 Å². The predicted octanol–water partition coefficient (Wildman–Crippen LogP) is 2.23. The molecule has 0 spiro atoms. The van der Waals surface area contributed by atoms with E-state index < -0.39 is 16.1 Å². The normalized spacial score (nSPS) is 12.6. The number of fused-ring (bicyclic) bond motifs is 1. The summed E-state index contributed by atoms with van der Waals surface area (Å²) in [5.41, 5.74) is 6.77. The highest BCUT2D eigenvalue weighted by molar-refractivity contribution is 7.89. The zero-order valence-electron chi connectivity index (χ0n) is 17.4. The Kier molecular flexibility index (Phi) is 6.79. The van der Waals surface area contributed by atoms with Crippen molar-refractivity contribution in [3.8, 4) is 5.75 Å². The van der Waals surface area contributed by atoms with Crippen molar-refractivity contribution in [2.45, 2.75) is 11.0 Å². The fraction of sp³-hybridized carbons (Fsp3) is 0.227. The fourth-order valence-electron chi connectivity index (χ4n) is 3.13. The summed E-state index contributed by atoms with van der Waals surface area (Å²) in [6.07, 6.45) is -0.919. The molecule has 0 heterocycles. The molecule has 0 aliphatic carbocycles. The molecule has 3 rings (SSSR count). The maximum Gasteiger partial charge on any atom is 0.242 e. The van der Waals surface area contributed by atoms with Gasteiger partial charge in [0.15, 0.2) is 0 Å². The number of hydrogen-bond acceptors (Lipinski definition) is 6. The summed E-state index contributed by atoms with van der Waals surface area (Å²) < 4.78 is 32.2. The van der Waals surface area contributed by atoms with Crippen molar-refractivity contribution in [1.29, 1.82) is 5.41 Å². The Morgan fingerprint density at radius 1 is 1.13 bits per heavy atom. The molecule has 31 heavy (non-hydrogen) atoms. The van der Waals surface area contributed by atoms with Crippen molar-refractivity contribution in [2.75, 3.05) is 32.6 Å². The molecule has 0 aliphatic rings. The van der Waals surface area contributed by atoms with Crippen molar-refractivity contribution in [3.05, 3.63) is 66.2 Å². The molecule has 0 aliphatic heterocycles. The molecule has 9 heteroatoms. The number of nitrogens with one attached hydrogen (secondary N) is 2. The molecular weight excluding hydrogens is 416 g/mol. The van der Waals surface area contributed by atoms with Crippen LogP contribution in [0.4, 0.5) is 5.69 Å². The van der Waals surface area contributed by atoms with E-state index in [9.17, 15) is 13.5 Å². The predicted molar refractivity (Wildman–Crippen MR) is 122 cm³/mol. The highest BCUT2D eigenvalue weighted by Gasteiger charge is 2.23. The quantitative estimate of drug-likeness (QED) is 0.297. The lowest BCUT2D eigenvalue weighted by Crippen LogP contribution is -2.37. The lowest BCUT2D eigenvalue weighted by Gasteiger charge is -2.21. The van der Waals surface area contributed by atoms with Crippen molar-refractivity contribution >= 4 is 32.3 Å². The number of anilines is 1. The molecule has 0 aromatic heterocycles. The summed E-state index contributed by atoms with van der Waals surface area (Å²) in [4.78, 5) is 0.160. The largest absolute Gasteiger partial charge is 0.497 e. The SMILES string of the molecule is COc1ccc2cc(S(=O)(=O)N(C)CC(O)CNc3ccc(C(=N)N)cc3)ccc2c1. The first kappa shape index (κ1) is 22.5. The van der Waals surface area contributed by atoms with Crippen LogP contribution in [0.15, 0.2) is 65.6 Å². The number of nitrogens with two attached hydrogens (primary N) is 1. The van der Waals surface area contributed by atoms with Crippen LogP contribution in [0.25, 0.3) is 10.8 Å². The number of aliphatic hydroxyl groups excluding tert-OH is 1. The standard InChI is InChI=1S/C22H26N4O4S/c1-26(14-19(27)13-25-18-7-3-15(4-8-18)22(23)24)31(28,29)21-10-6-16-11-20(30-2)9-5-17(16)12-21/h3-12,19,25,27H,13-14H2,1-2H3,(H3,23,24). The Hall–Kier alpha value is -3.14. The van der Waals surface area contributed by atoms with Gasteiger partial charge in [0.1, 0.15) is 11.6 Å². The molecule has 0 fully saturated rings. The van der Waals surface area contributed by atoms with Crippen molar-refractivity contribution in [3.63, 3.8) is 0 Å². The van der Waals surface area contributed by atoms with Gasteiger partial charge < -0.3 is 20.9 Å². The molecular formula is C22H26N4O4S. The molecule has 3 aromatic rings. The van der Waals surface area contributed by atoms with Crippen molar-refractivity contribution in [1.82, 2.24) is 4.31 Å². The number of amidine groups is 1. The van der Waals surface area contributed by atoms with Crippen LogP contribution in [0.5, 0.6) is 5.75 Å². The number of ether oxygens (including phenoxy) is 1. The van der Waals surface area contributed by atoms with Crippen LogP contribution in [0, 0.1) is 5.41 Å². The number of nitrogens with zero attached hydrogens (tertiary/aromatic N) is 1. The van der Waals surface area contributed by atoms with Gasteiger partial charge in [0.2, 0.25) is 10.0 Å². The molecule has 0 bridgehead atoms. The molecule has 8 nitrogen and oxygen atoms in total. The summed E-state index contributed by atoms with van der Waals surface area (Å²) in [7, 11) is -0.740. The molecule has 0 saturated heterocycles. The third kappa shape index (κ3) is 5.32. The van der Waals surface area contributed by atoms with Gasteiger partial charge in [0.05, 0.1) is 18.1 Å². The minimum atomic E-state index is -3.76. The zero-order chi connectivity index (χ0) is 22.6. The second-order valence-electron chi connectivity index (χ2n) is 7.19. The number of likely N-dealkylation sites (N-methyl/N-ethyl adjacent to an activating group) is 1. The Bertz CT molecular complexity index is 1180. The topological polar surface area (TPSA) is 129 Å². The zero-order valence-corrected chi connectivity index (χ0v) is 18.2.